The van der Waals surface area contributed by atoms with Crippen molar-refractivity contribution in [3.63, 3.8) is 0 Å². The normalized spacial score (nSPS) is 19.7. The molecular weight excluding hydrogens is 564 g/mol. The van der Waals surface area contributed by atoms with Gasteiger partial charge in [0.25, 0.3) is 5.91 Å². The first kappa shape index (κ1) is 29.5. The third-order valence-electron chi connectivity index (χ3n) is 7.57. The second-order valence-corrected chi connectivity index (χ2v) is 13.1. The zero-order chi connectivity index (χ0) is 28.8. The number of carbonyl (C=O) groups is 1. The van der Waals surface area contributed by atoms with E-state index in [1.807, 2.05) is 18.2 Å². The van der Waals surface area contributed by atoms with E-state index in [0.29, 0.717) is 12.2 Å². The number of benzene rings is 2. The topological polar surface area (TPSA) is 114 Å². The zero-order valence-electron chi connectivity index (χ0n) is 23.0. The van der Waals surface area contributed by atoms with Crippen molar-refractivity contribution in [3.05, 3.63) is 71.3 Å². The lowest BCUT2D eigenvalue weighted by Gasteiger charge is -2.30. The molecule has 2 N–H and O–H groups in total. The molecule has 220 valence electrons. The summed E-state index contributed by atoms with van der Waals surface area (Å²) in [7, 11) is -2.37. The maximum Gasteiger partial charge on any atom is 0.286 e. The maximum atomic E-state index is 13.3. The van der Waals surface area contributed by atoms with Gasteiger partial charge >= 0.3 is 0 Å². The van der Waals surface area contributed by atoms with E-state index in [1.165, 1.54) is 28.2 Å². The minimum atomic E-state index is -3.88. The van der Waals surface area contributed by atoms with E-state index in [4.69, 9.17) is 14.2 Å². The van der Waals surface area contributed by atoms with E-state index in [2.05, 4.69) is 22.8 Å². The molecule has 1 aromatic heterocycles. The Morgan fingerprint density at radius 3 is 2.61 bits per heavy atom. The maximum absolute atomic E-state index is 13.3. The van der Waals surface area contributed by atoms with Crippen LogP contribution in [-0.4, -0.2) is 69.5 Å². The predicted octanol–water partition coefficient (Wildman–Crippen LogP) is 4.38. The van der Waals surface area contributed by atoms with Crippen LogP contribution in [0, 0.1) is 0 Å². The van der Waals surface area contributed by atoms with Gasteiger partial charge in [-0.3, -0.25) is 4.79 Å². The number of ether oxygens (including phenoxy) is 3. The third-order valence-corrected chi connectivity index (χ3v) is 10.5. The van der Waals surface area contributed by atoms with Crippen molar-refractivity contribution in [2.75, 3.05) is 33.4 Å². The minimum Gasteiger partial charge on any atom is -0.497 e. The molecule has 11 heteroatoms. The highest BCUT2D eigenvalue weighted by Crippen LogP contribution is 2.38. The summed E-state index contributed by atoms with van der Waals surface area (Å²) >= 11 is 1.66. The zero-order valence-corrected chi connectivity index (χ0v) is 24.7. The number of rotatable bonds is 12. The monoisotopic (exact) mass is 600 g/mol. The summed E-state index contributed by atoms with van der Waals surface area (Å²) in [4.78, 5) is 13.3. The molecule has 0 saturated heterocycles. The summed E-state index contributed by atoms with van der Waals surface area (Å²) in [5.74, 6) is 0.417. The van der Waals surface area contributed by atoms with Crippen LogP contribution in [0.1, 0.15) is 43.6 Å². The lowest BCUT2D eigenvalue weighted by atomic mass is 9.92. The van der Waals surface area contributed by atoms with E-state index >= 15 is 0 Å². The number of aliphatic hydroxyl groups is 1. The molecule has 1 fully saturated rings. The summed E-state index contributed by atoms with van der Waals surface area (Å²) in [6.45, 7) is -0.388. The molecule has 1 aliphatic carbocycles. The van der Waals surface area contributed by atoms with Gasteiger partial charge in [0.1, 0.15) is 5.75 Å². The average molecular weight is 601 g/mol. The van der Waals surface area contributed by atoms with Gasteiger partial charge in [-0.05, 0) is 65.6 Å². The summed E-state index contributed by atoms with van der Waals surface area (Å²) < 4.78 is 46.1. The Balaban J connectivity index is 1.30. The second-order valence-electron chi connectivity index (χ2n) is 10.2. The van der Waals surface area contributed by atoms with Gasteiger partial charge in [-0.15, -0.1) is 11.3 Å². The van der Waals surface area contributed by atoms with Crippen molar-refractivity contribution < 1.29 is 32.5 Å². The van der Waals surface area contributed by atoms with E-state index in [-0.39, 0.29) is 54.8 Å². The number of sulfonamides is 1. The Morgan fingerprint density at radius 1 is 1.12 bits per heavy atom. The number of amides is 1. The van der Waals surface area contributed by atoms with E-state index in [1.54, 1.807) is 23.5 Å². The molecule has 1 aliphatic heterocycles. The van der Waals surface area contributed by atoms with Crippen molar-refractivity contribution in [2.45, 2.75) is 55.2 Å². The molecular formula is C30H36N2O7S2. The number of hydrogen-bond acceptors (Lipinski definition) is 8. The summed E-state index contributed by atoms with van der Waals surface area (Å²) in [6.07, 6.45) is 5.74. The van der Waals surface area contributed by atoms with Gasteiger partial charge in [0, 0.05) is 36.2 Å². The Morgan fingerprint density at radius 2 is 1.88 bits per heavy atom. The predicted molar refractivity (Wildman–Crippen MR) is 157 cm³/mol. The Hall–Kier alpha value is -2.96. The lowest BCUT2D eigenvalue weighted by Crippen LogP contribution is -2.39. The van der Waals surface area contributed by atoms with Gasteiger partial charge in [-0.1, -0.05) is 31.0 Å². The molecule has 0 radical (unpaired) electrons. The average Bonchev–Trinajstić information content (AvgIpc) is 3.67. The molecule has 9 nitrogen and oxygen atoms in total. The van der Waals surface area contributed by atoms with Crippen molar-refractivity contribution in [3.8, 4) is 5.75 Å². The van der Waals surface area contributed by atoms with Crippen LogP contribution in [0.5, 0.6) is 5.75 Å². The first-order valence-corrected chi connectivity index (χ1v) is 16.2. The number of fused-ring (bicyclic) bond motifs is 1. The van der Waals surface area contributed by atoms with Crippen LogP contribution in [-0.2, 0) is 24.3 Å². The van der Waals surface area contributed by atoms with Gasteiger partial charge < -0.3 is 24.6 Å². The van der Waals surface area contributed by atoms with Crippen LogP contribution in [0.15, 0.2) is 70.6 Å². The number of carbonyl (C=O) groups excluding carboxylic acids is 1. The minimum absolute atomic E-state index is 0.00808. The fourth-order valence-corrected chi connectivity index (χ4v) is 7.83. The van der Waals surface area contributed by atoms with Crippen LogP contribution >= 0.6 is 11.3 Å². The number of nitrogens with one attached hydrogen (secondary N) is 1. The SMILES string of the molecule is COc1ccc(S(=O)(=O)N(CCO)CCO[C@H]2C[C@@H](c3csc4ccccc34)C=C(C(=O)NC3CCCC3)O2)cc1. The molecule has 2 heterocycles. The summed E-state index contributed by atoms with van der Waals surface area (Å²) in [5.41, 5.74) is 1.11. The molecule has 2 atom stereocenters. The van der Waals surface area contributed by atoms with Crippen LogP contribution in [0.3, 0.4) is 0 Å². The first-order valence-electron chi connectivity index (χ1n) is 13.9. The number of allylic oxidation sites excluding steroid dienone is 1. The number of aliphatic hydroxyl groups excluding tert-OH is 1. The Kier molecular flexibility index (Phi) is 9.61. The molecule has 2 aliphatic rings. The van der Waals surface area contributed by atoms with E-state index < -0.39 is 16.3 Å². The number of hydrogen-bond donors (Lipinski definition) is 2. The van der Waals surface area contributed by atoms with Gasteiger partial charge in [0.2, 0.25) is 16.3 Å². The number of methoxy groups -OCH3 is 1. The van der Waals surface area contributed by atoms with Crippen LogP contribution in [0.25, 0.3) is 10.1 Å². The van der Waals surface area contributed by atoms with E-state index in [9.17, 15) is 18.3 Å². The van der Waals surface area contributed by atoms with Gasteiger partial charge in [0.05, 0.1) is 25.2 Å². The fourth-order valence-electron chi connectivity index (χ4n) is 5.39. The van der Waals surface area contributed by atoms with E-state index in [0.717, 1.165) is 36.6 Å². The van der Waals surface area contributed by atoms with Crippen LogP contribution in [0.2, 0.25) is 0 Å². The van der Waals surface area contributed by atoms with Gasteiger partial charge in [-0.25, -0.2) is 8.42 Å². The van der Waals surface area contributed by atoms with Crippen LogP contribution < -0.4 is 10.1 Å². The highest BCUT2D eigenvalue weighted by atomic mass is 32.2. The molecule has 2 aromatic carbocycles. The first-order chi connectivity index (χ1) is 19.9. The van der Waals surface area contributed by atoms with Crippen molar-refractivity contribution in [2.24, 2.45) is 0 Å². The lowest BCUT2D eigenvalue weighted by molar-refractivity contribution is -0.146. The highest BCUT2D eigenvalue weighted by molar-refractivity contribution is 7.89. The molecule has 0 bridgehead atoms. The largest absolute Gasteiger partial charge is 0.497 e. The molecule has 1 saturated carbocycles. The second kappa shape index (κ2) is 13.3. The summed E-state index contributed by atoms with van der Waals surface area (Å²) in [6, 6.07) is 14.4. The van der Waals surface area contributed by atoms with Crippen molar-refractivity contribution in [1.29, 1.82) is 0 Å². The summed E-state index contributed by atoms with van der Waals surface area (Å²) in [5, 5.41) is 15.9. The standard InChI is InChI=1S/C30H36N2O7S2/c1-37-23-10-12-24(13-11-23)41(35,36)32(14-16-33)15-17-38-29-19-21(26-20-40-28-9-5-4-8-25(26)28)18-27(39-29)30(34)31-22-6-2-3-7-22/h4-5,8-13,18,20-22,29,33H,2-3,6-7,14-17,19H2,1H3,(H,31,34)/t21-,29+/m0/s1. The van der Waals surface area contributed by atoms with Crippen molar-refractivity contribution >= 4 is 37.4 Å². The number of nitrogens with zero attached hydrogens (tertiary/aromatic N) is 1. The molecule has 0 spiro atoms. The molecule has 3 aromatic rings. The third kappa shape index (κ3) is 6.92. The highest BCUT2D eigenvalue weighted by Gasteiger charge is 2.32. The molecule has 0 unspecified atom stereocenters. The molecule has 41 heavy (non-hydrogen) atoms. The Bertz CT molecular complexity index is 1460. The number of thiophene rings is 1. The quantitative estimate of drug-likeness (QED) is 0.317. The van der Waals surface area contributed by atoms with Gasteiger partial charge in [0.15, 0.2) is 5.76 Å². The smallest absolute Gasteiger partial charge is 0.286 e. The fraction of sp³-hybridized carbons (Fsp3) is 0.433. The van der Waals surface area contributed by atoms with Gasteiger partial charge in [-0.2, -0.15) is 4.31 Å². The van der Waals surface area contributed by atoms with Crippen LogP contribution in [0.4, 0.5) is 0 Å². The van der Waals surface area contributed by atoms with Crippen molar-refractivity contribution in [1.82, 2.24) is 9.62 Å². The molecule has 5 rings (SSSR count). The molecule has 1 amide bonds. The Labute approximate surface area is 244 Å².